The van der Waals surface area contributed by atoms with Crippen LogP contribution in [0.3, 0.4) is 0 Å². The summed E-state index contributed by atoms with van der Waals surface area (Å²) in [6.45, 7) is 0. The van der Waals surface area contributed by atoms with Crippen molar-refractivity contribution in [2.75, 3.05) is 11.1 Å². The topological polar surface area (TPSA) is 80.9 Å². The van der Waals surface area contributed by atoms with Crippen LogP contribution in [0.4, 0.5) is 16.0 Å². The molecule has 2 aromatic rings. The second kappa shape index (κ2) is 4.56. The molecule has 0 aliphatic carbocycles. The van der Waals surface area contributed by atoms with Crippen molar-refractivity contribution in [2.45, 2.75) is 0 Å². The van der Waals surface area contributed by atoms with Crippen LogP contribution in [-0.4, -0.2) is 15.9 Å². The van der Waals surface area contributed by atoms with Gasteiger partial charge in [0.15, 0.2) is 0 Å². The molecule has 0 atom stereocenters. The molecule has 0 unspecified atom stereocenters. The predicted octanol–water partition coefficient (Wildman–Crippen LogP) is 1.45. The summed E-state index contributed by atoms with van der Waals surface area (Å²) in [6, 6.07) is 5.44. The number of nitrogens with two attached hydrogens (primary N) is 1. The first-order chi connectivity index (χ1) is 8.16. The van der Waals surface area contributed by atoms with E-state index in [9.17, 15) is 9.18 Å². The first kappa shape index (κ1) is 11.0. The lowest BCUT2D eigenvalue weighted by molar-refractivity contribution is 0.102. The quantitative estimate of drug-likeness (QED) is 0.768. The van der Waals surface area contributed by atoms with Crippen molar-refractivity contribution in [1.82, 2.24) is 9.97 Å². The number of aromatic nitrogens is 2. The minimum atomic E-state index is -0.633. The minimum Gasteiger partial charge on any atom is -0.396 e. The molecule has 17 heavy (non-hydrogen) atoms. The molecule has 5 nitrogen and oxygen atoms in total. The Bertz CT molecular complexity index is 544. The van der Waals surface area contributed by atoms with Crippen molar-refractivity contribution in [1.29, 1.82) is 0 Å². The summed E-state index contributed by atoms with van der Waals surface area (Å²) >= 11 is 0. The summed E-state index contributed by atoms with van der Waals surface area (Å²) < 4.78 is 13.1. The molecular formula is C11H9FN4O. The lowest BCUT2D eigenvalue weighted by atomic mass is 10.2. The van der Waals surface area contributed by atoms with Gasteiger partial charge in [0.05, 0.1) is 5.69 Å². The van der Waals surface area contributed by atoms with E-state index in [-0.39, 0.29) is 17.2 Å². The monoisotopic (exact) mass is 232 g/mol. The molecule has 1 aromatic heterocycles. The molecule has 0 spiro atoms. The van der Waals surface area contributed by atoms with Crippen LogP contribution in [0.1, 0.15) is 10.4 Å². The second-order valence-corrected chi connectivity index (χ2v) is 3.26. The van der Waals surface area contributed by atoms with Gasteiger partial charge in [-0.25, -0.2) is 14.4 Å². The van der Waals surface area contributed by atoms with Crippen molar-refractivity contribution < 1.29 is 9.18 Å². The van der Waals surface area contributed by atoms with Crippen molar-refractivity contribution in [3.63, 3.8) is 0 Å². The highest BCUT2D eigenvalue weighted by molar-refractivity contribution is 6.03. The maximum absolute atomic E-state index is 13.1. The number of nitrogens with one attached hydrogen (secondary N) is 1. The van der Waals surface area contributed by atoms with E-state index in [4.69, 9.17) is 5.73 Å². The molecule has 1 amide bonds. The highest BCUT2D eigenvalue weighted by Crippen LogP contribution is 2.12. The highest BCUT2D eigenvalue weighted by Gasteiger charge is 2.09. The number of carbonyl (C=O) groups excluding carboxylic acids is 1. The minimum absolute atomic E-state index is 0.00230. The molecule has 0 aliphatic rings. The average Bonchev–Trinajstić information content (AvgIpc) is 2.34. The van der Waals surface area contributed by atoms with Crippen molar-refractivity contribution in [3.05, 3.63) is 48.0 Å². The molecule has 1 heterocycles. The van der Waals surface area contributed by atoms with E-state index in [1.54, 1.807) is 6.07 Å². The predicted molar refractivity (Wildman–Crippen MR) is 60.8 cm³/mol. The zero-order valence-electron chi connectivity index (χ0n) is 8.72. The summed E-state index contributed by atoms with van der Waals surface area (Å²) in [5.74, 6) is -0.962. The Kier molecular flexibility index (Phi) is 2.95. The molecule has 6 heteroatoms. The van der Waals surface area contributed by atoms with E-state index in [1.807, 2.05) is 0 Å². The summed E-state index contributed by atoms with van der Waals surface area (Å²) in [5, 5.41) is 2.44. The second-order valence-electron chi connectivity index (χ2n) is 3.26. The van der Waals surface area contributed by atoms with Crippen LogP contribution in [0, 0.1) is 5.82 Å². The number of benzene rings is 1. The van der Waals surface area contributed by atoms with Crippen molar-refractivity contribution in [2.24, 2.45) is 0 Å². The molecule has 0 aliphatic heterocycles. The van der Waals surface area contributed by atoms with Crippen LogP contribution in [0.15, 0.2) is 36.7 Å². The van der Waals surface area contributed by atoms with E-state index in [0.717, 1.165) is 6.07 Å². The van der Waals surface area contributed by atoms with E-state index in [0.29, 0.717) is 0 Å². The molecule has 0 saturated carbocycles. The smallest absolute Gasteiger partial charge is 0.258 e. The van der Waals surface area contributed by atoms with Gasteiger partial charge in [0, 0.05) is 18.0 Å². The Balaban J connectivity index is 2.18. The third kappa shape index (κ3) is 2.54. The summed E-state index contributed by atoms with van der Waals surface area (Å²) in [6.07, 6.45) is 2.98. The number of rotatable bonds is 2. The van der Waals surface area contributed by atoms with Crippen LogP contribution in [0.2, 0.25) is 0 Å². The number of hydrogen-bond acceptors (Lipinski definition) is 4. The average molecular weight is 232 g/mol. The Hall–Kier alpha value is -2.50. The Labute approximate surface area is 96.5 Å². The molecule has 2 rings (SSSR count). The molecular weight excluding hydrogens is 223 g/mol. The number of amides is 1. The maximum atomic E-state index is 13.1. The first-order valence-corrected chi connectivity index (χ1v) is 4.80. The van der Waals surface area contributed by atoms with Gasteiger partial charge in [-0.05, 0) is 24.3 Å². The van der Waals surface area contributed by atoms with Gasteiger partial charge in [0.2, 0.25) is 5.95 Å². The van der Waals surface area contributed by atoms with Gasteiger partial charge in [-0.15, -0.1) is 0 Å². The van der Waals surface area contributed by atoms with Crippen molar-refractivity contribution in [3.8, 4) is 0 Å². The third-order valence-electron chi connectivity index (χ3n) is 2.05. The molecule has 0 radical (unpaired) electrons. The zero-order valence-corrected chi connectivity index (χ0v) is 8.72. The number of nitrogen functional groups attached to an aromatic ring is 1. The van der Waals surface area contributed by atoms with E-state index >= 15 is 0 Å². The molecule has 86 valence electrons. The van der Waals surface area contributed by atoms with Gasteiger partial charge in [-0.2, -0.15) is 0 Å². The molecule has 3 N–H and O–H groups in total. The Morgan fingerprint density at radius 1 is 1.29 bits per heavy atom. The van der Waals surface area contributed by atoms with Gasteiger partial charge in [-0.3, -0.25) is 10.1 Å². The van der Waals surface area contributed by atoms with Crippen LogP contribution >= 0.6 is 0 Å². The van der Waals surface area contributed by atoms with Gasteiger partial charge in [-0.1, -0.05) is 0 Å². The number of carbonyl (C=O) groups is 1. The van der Waals surface area contributed by atoms with Gasteiger partial charge in [0.25, 0.3) is 5.91 Å². The van der Waals surface area contributed by atoms with Gasteiger partial charge >= 0.3 is 0 Å². The Morgan fingerprint density at radius 2 is 2.00 bits per heavy atom. The summed E-state index contributed by atoms with van der Waals surface area (Å²) in [7, 11) is 0. The first-order valence-electron chi connectivity index (χ1n) is 4.80. The number of nitrogens with zero attached hydrogens (tertiary/aromatic N) is 2. The zero-order chi connectivity index (χ0) is 12.3. The van der Waals surface area contributed by atoms with E-state index < -0.39 is 11.7 Å². The fraction of sp³-hybridized carbons (Fsp3) is 0. The summed E-state index contributed by atoms with van der Waals surface area (Å²) in [5.41, 5.74) is 5.46. The third-order valence-corrected chi connectivity index (χ3v) is 2.05. The SMILES string of the molecule is Nc1ccc(C(=O)Nc2ncccn2)cc1F. The van der Waals surface area contributed by atoms with Gasteiger partial charge in [0.1, 0.15) is 5.82 Å². The molecule has 0 bridgehead atoms. The molecule has 1 aromatic carbocycles. The Morgan fingerprint density at radius 3 is 2.65 bits per heavy atom. The van der Waals surface area contributed by atoms with Gasteiger partial charge < -0.3 is 5.73 Å². The number of anilines is 2. The summed E-state index contributed by atoms with van der Waals surface area (Å²) in [4.78, 5) is 19.3. The maximum Gasteiger partial charge on any atom is 0.258 e. The fourth-order valence-corrected chi connectivity index (χ4v) is 1.21. The fourth-order valence-electron chi connectivity index (χ4n) is 1.21. The lowest BCUT2D eigenvalue weighted by Crippen LogP contribution is -2.14. The van der Waals surface area contributed by atoms with Crippen LogP contribution in [0.5, 0.6) is 0 Å². The standard InChI is InChI=1S/C11H9FN4O/c12-8-6-7(2-3-9(8)13)10(17)16-11-14-4-1-5-15-11/h1-6H,13H2,(H,14,15,16,17). The van der Waals surface area contributed by atoms with Crippen LogP contribution in [-0.2, 0) is 0 Å². The number of halogens is 1. The normalized spacial score (nSPS) is 9.94. The lowest BCUT2D eigenvalue weighted by Gasteiger charge is -2.04. The largest absolute Gasteiger partial charge is 0.396 e. The number of hydrogen-bond donors (Lipinski definition) is 2. The van der Waals surface area contributed by atoms with Crippen LogP contribution < -0.4 is 11.1 Å². The highest BCUT2D eigenvalue weighted by atomic mass is 19.1. The molecule has 0 saturated heterocycles. The van der Waals surface area contributed by atoms with E-state index in [2.05, 4.69) is 15.3 Å². The van der Waals surface area contributed by atoms with E-state index in [1.165, 1.54) is 24.5 Å². The van der Waals surface area contributed by atoms with Crippen molar-refractivity contribution >= 4 is 17.5 Å². The molecule has 0 fully saturated rings. The van der Waals surface area contributed by atoms with Crippen LogP contribution in [0.25, 0.3) is 0 Å².